The maximum Gasteiger partial charge on any atom is 0.410 e. The smallest absolute Gasteiger partial charge is 0.410 e. The number of nitrogens with zero attached hydrogens (tertiary/aromatic N) is 1. The van der Waals surface area contributed by atoms with Crippen LogP contribution in [0.25, 0.3) is 0 Å². The van der Waals surface area contributed by atoms with Gasteiger partial charge in [0.15, 0.2) is 0 Å². The van der Waals surface area contributed by atoms with E-state index in [4.69, 9.17) is 4.74 Å². The number of carbonyl (C=O) groups is 1. The second-order valence-electron chi connectivity index (χ2n) is 7.65. The lowest BCUT2D eigenvalue weighted by molar-refractivity contribution is 0.0256. The second-order valence-corrected chi connectivity index (χ2v) is 8.57. The van der Waals surface area contributed by atoms with Crippen LogP contribution >= 0.6 is 15.9 Å². The zero-order valence-electron chi connectivity index (χ0n) is 15.4. The average Bonchev–Trinajstić information content (AvgIpc) is 2.73. The third-order valence-electron chi connectivity index (χ3n) is 4.29. The molecule has 1 aliphatic heterocycles. The Morgan fingerprint density at radius 2 is 2.08 bits per heavy atom. The molecule has 1 aromatic carbocycles. The van der Waals surface area contributed by atoms with Crippen LogP contribution in [0.3, 0.4) is 0 Å². The number of hydrogen-bond donors (Lipinski definition) is 1. The summed E-state index contributed by atoms with van der Waals surface area (Å²) in [5.74, 6) is -0.202. The van der Waals surface area contributed by atoms with Gasteiger partial charge in [0, 0.05) is 35.2 Å². The maximum atomic E-state index is 14.0. The Morgan fingerprint density at radius 3 is 2.76 bits per heavy atom. The van der Waals surface area contributed by atoms with Crippen molar-refractivity contribution in [2.45, 2.75) is 64.6 Å². The first kappa shape index (κ1) is 20.2. The summed E-state index contributed by atoms with van der Waals surface area (Å²) < 4.78 is 20.4. The van der Waals surface area contributed by atoms with E-state index in [9.17, 15) is 9.18 Å². The van der Waals surface area contributed by atoms with Crippen molar-refractivity contribution in [2.24, 2.45) is 0 Å². The lowest BCUT2D eigenvalue weighted by atomic mass is 10.0. The summed E-state index contributed by atoms with van der Waals surface area (Å²) in [6, 6.07) is 5.16. The lowest BCUT2D eigenvalue weighted by Gasteiger charge is -2.26. The standard InChI is InChI=1S/C19H28BrFN2O2/c1-13(16-12-14(20)7-8-17(16)21)22-15-6-5-10-23(11-9-15)18(24)25-19(2,3)4/h7-8,12-13,15,22H,5-6,9-11H2,1-4H3. The number of amides is 1. The first-order valence-electron chi connectivity index (χ1n) is 8.84. The van der Waals surface area contributed by atoms with Crippen molar-refractivity contribution in [1.29, 1.82) is 0 Å². The van der Waals surface area contributed by atoms with Crippen molar-refractivity contribution in [3.8, 4) is 0 Å². The summed E-state index contributed by atoms with van der Waals surface area (Å²) in [6.45, 7) is 8.96. The molecule has 1 amide bonds. The van der Waals surface area contributed by atoms with Gasteiger partial charge < -0.3 is 15.0 Å². The fraction of sp³-hybridized carbons (Fsp3) is 0.632. The molecule has 1 heterocycles. The van der Waals surface area contributed by atoms with E-state index in [1.165, 1.54) is 6.07 Å². The normalized spacial score (nSPS) is 20.1. The fourth-order valence-electron chi connectivity index (χ4n) is 3.06. The molecule has 2 unspecified atom stereocenters. The largest absolute Gasteiger partial charge is 0.444 e. The van der Waals surface area contributed by atoms with Crippen LogP contribution in [0.5, 0.6) is 0 Å². The first-order valence-corrected chi connectivity index (χ1v) is 9.64. The number of ether oxygens (including phenoxy) is 1. The summed E-state index contributed by atoms with van der Waals surface area (Å²) >= 11 is 3.40. The minimum absolute atomic E-state index is 0.0874. The van der Waals surface area contributed by atoms with Crippen molar-refractivity contribution in [1.82, 2.24) is 10.2 Å². The molecule has 4 nitrogen and oxygen atoms in total. The van der Waals surface area contributed by atoms with E-state index in [2.05, 4.69) is 21.2 Å². The van der Waals surface area contributed by atoms with Crippen molar-refractivity contribution in [3.63, 3.8) is 0 Å². The zero-order valence-corrected chi connectivity index (χ0v) is 17.0. The van der Waals surface area contributed by atoms with E-state index >= 15 is 0 Å². The van der Waals surface area contributed by atoms with E-state index in [0.717, 1.165) is 23.7 Å². The number of carbonyl (C=O) groups excluding carboxylic acids is 1. The second kappa shape index (κ2) is 8.49. The molecule has 0 saturated carbocycles. The van der Waals surface area contributed by atoms with Crippen molar-refractivity contribution in [3.05, 3.63) is 34.1 Å². The van der Waals surface area contributed by atoms with E-state index in [-0.39, 0.29) is 24.0 Å². The van der Waals surface area contributed by atoms with Crippen LogP contribution in [0.2, 0.25) is 0 Å². The Bertz CT molecular complexity index is 604. The molecule has 140 valence electrons. The zero-order chi connectivity index (χ0) is 18.6. The number of halogens is 2. The van der Waals surface area contributed by atoms with Gasteiger partial charge in [-0.05, 0) is 65.2 Å². The third kappa shape index (κ3) is 6.26. The van der Waals surface area contributed by atoms with Crippen LogP contribution in [-0.2, 0) is 4.74 Å². The molecule has 1 N–H and O–H groups in total. The number of rotatable bonds is 3. The first-order chi connectivity index (χ1) is 11.7. The van der Waals surface area contributed by atoms with Crippen LogP contribution in [0.4, 0.5) is 9.18 Å². The summed E-state index contributed by atoms with van der Waals surface area (Å²) in [6.07, 6.45) is 2.45. The molecule has 25 heavy (non-hydrogen) atoms. The molecular weight excluding hydrogens is 387 g/mol. The Labute approximate surface area is 158 Å². The third-order valence-corrected chi connectivity index (χ3v) is 4.78. The Balaban J connectivity index is 1.92. The molecule has 2 atom stereocenters. The van der Waals surface area contributed by atoms with Crippen LogP contribution in [-0.4, -0.2) is 35.7 Å². The van der Waals surface area contributed by atoms with E-state index in [1.807, 2.05) is 33.8 Å². The van der Waals surface area contributed by atoms with Crippen molar-refractivity contribution in [2.75, 3.05) is 13.1 Å². The van der Waals surface area contributed by atoms with Gasteiger partial charge in [0.1, 0.15) is 11.4 Å². The van der Waals surface area contributed by atoms with E-state index < -0.39 is 5.60 Å². The van der Waals surface area contributed by atoms with Crippen LogP contribution in [0.15, 0.2) is 22.7 Å². The lowest BCUT2D eigenvalue weighted by Crippen LogP contribution is -2.38. The summed E-state index contributed by atoms with van der Waals surface area (Å²) in [4.78, 5) is 14.0. The number of likely N-dealkylation sites (tertiary alicyclic amines) is 1. The minimum Gasteiger partial charge on any atom is -0.444 e. The van der Waals surface area contributed by atoms with Gasteiger partial charge >= 0.3 is 6.09 Å². The molecule has 1 aliphatic rings. The Kier molecular flexibility index (Phi) is 6.86. The van der Waals surface area contributed by atoms with Gasteiger partial charge in [-0.3, -0.25) is 0 Å². The molecule has 0 spiro atoms. The van der Waals surface area contributed by atoms with Crippen molar-refractivity contribution < 1.29 is 13.9 Å². The molecule has 2 rings (SSSR count). The van der Waals surface area contributed by atoms with Gasteiger partial charge in [0.05, 0.1) is 0 Å². The molecular formula is C19H28BrFN2O2. The summed E-state index contributed by atoms with van der Waals surface area (Å²) in [5, 5.41) is 3.51. The van der Waals surface area contributed by atoms with Gasteiger partial charge in [-0.2, -0.15) is 0 Å². The highest BCUT2D eigenvalue weighted by molar-refractivity contribution is 9.10. The molecule has 0 aromatic heterocycles. The van der Waals surface area contributed by atoms with Gasteiger partial charge in [-0.25, -0.2) is 9.18 Å². The molecule has 1 saturated heterocycles. The van der Waals surface area contributed by atoms with E-state index in [1.54, 1.807) is 11.0 Å². The van der Waals surface area contributed by atoms with Crippen LogP contribution in [0, 0.1) is 5.82 Å². The highest BCUT2D eigenvalue weighted by Crippen LogP contribution is 2.24. The quantitative estimate of drug-likeness (QED) is 0.753. The van der Waals surface area contributed by atoms with Crippen molar-refractivity contribution >= 4 is 22.0 Å². The molecule has 1 fully saturated rings. The van der Waals surface area contributed by atoms with Crippen LogP contribution in [0.1, 0.15) is 58.6 Å². The predicted molar refractivity (Wildman–Crippen MR) is 101 cm³/mol. The van der Waals surface area contributed by atoms with Crippen LogP contribution < -0.4 is 5.32 Å². The SMILES string of the molecule is CC(NC1CCCN(C(=O)OC(C)(C)C)CC1)c1cc(Br)ccc1F. The van der Waals surface area contributed by atoms with Gasteiger partial charge in [-0.1, -0.05) is 15.9 Å². The molecule has 6 heteroatoms. The molecule has 0 bridgehead atoms. The topological polar surface area (TPSA) is 41.6 Å². The molecule has 0 radical (unpaired) electrons. The number of hydrogen-bond acceptors (Lipinski definition) is 3. The predicted octanol–water partition coefficient (Wildman–Crippen LogP) is 5.03. The fourth-order valence-corrected chi connectivity index (χ4v) is 3.44. The maximum absolute atomic E-state index is 14.0. The van der Waals surface area contributed by atoms with Gasteiger partial charge in [-0.15, -0.1) is 0 Å². The Hall–Kier alpha value is -1.14. The van der Waals surface area contributed by atoms with Gasteiger partial charge in [0.2, 0.25) is 0 Å². The number of nitrogens with one attached hydrogen (secondary N) is 1. The monoisotopic (exact) mass is 414 g/mol. The van der Waals surface area contributed by atoms with E-state index in [0.29, 0.717) is 18.7 Å². The highest BCUT2D eigenvalue weighted by atomic mass is 79.9. The number of benzene rings is 1. The summed E-state index contributed by atoms with van der Waals surface area (Å²) in [5.41, 5.74) is 0.177. The minimum atomic E-state index is -0.478. The molecule has 0 aliphatic carbocycles. The molecule has 1 aromatic rings. The summed E-state index contributed by atoms with van der Waals surface area (Å²) in [7, 11) is 0. The highest BCUT2D eigenvalue weighted by Gasteiger charge is 2.26. The Morgan fingerprint density at radius 1 is 1.36 bits per heavy atom. The van der Waals surface area contributed by atoms with Gasteiger partial charge in [0.25, 0.3) is 0 Å². The average molecular weight is 415 g/mol.